The van der Waals surface area contributed by atoms with Crippen molar-refractivity contribution in [3.8, 4) is 6.07 Å². The maximum atomic E-state index is 9.03. The number of nitrogens with zero attached hydrogens (tertiary/aromatic N) is 3. The molecule has 1 aliphatic rings. The predicted molar refractivity (Wildman–Crippen MR) is 125 cm³/mol. The van der Waals surface area contributed by atoms with E-state index in [0.29, 0.717) is 11.6 Å². The van der Waals surface area contributed by atoms with Crippen LogP contribution in [0.2, 0.25) is 0 Å². The van der Waals surface area contributed by atoms with Crippen molar-refractivity contribution in [2.75, 3.05) is 26.0 Å². The molecule has 3 atom stereocenters. The summed E-state index contributed by atoms with van der Waals surface area (Å²) in [5.41, 5.74) is 5.70. The number of likely N-dealkylation sites (tertiary alicyclic amines) is 1. The van der Waals surface area contributed by atoms with E-state index in [1.54, 1.807) is 0 Å². The lowest BCUT2D eigenvalue weighted by molar-refractivity contribution is 0.0369. The molecule has 2 aromatic carbocycles. The molecule has 1 heterocycles. The summed E-state index contributed by atoms with van der Waals surface area (Å²) >= 11 is 0. The Kier molecular flexibility index (Phi) is 6.24. The van der Waals surface area contributed by atoms with Crippen LogP contribution in [0.25, 0.3) is 0 Å². The van der Waals surface area contributed by atoms with E-state index in [1.807, 2.05) is 24.3 Å². The van der Waals surface area contributed by atoms with Crippen molar-refractivity contribution in [2.24, 2.45) is 0 Å². The van der Waals surface area contributed by atoms with Crippen LogP contribution in [-0.2, 0) is 5.41 Å². The molecule has 1 saturated heterocycles. The zero-order valence-electron chi connectivity index (χ0n) is 19.2. The van der Waals surface area contributed by atoms with Crippen molar-refractivity contribution in [1.82, 2.24) is 9.80 Å². The third-order valence-corrected chi connectivity index (χ3v) is 6.94. The first-order valence-electron chi connectivity index (χ1n) is 10.6. The standard InChI is InChI=1S/C26H34N4/c1-18-8-9-19(2)24(16-18)26(5)14-15-29(6)20(3)25(26)30(7)21(4)28-23-12-10-22(17-27)11-13-23/h8-13,16,20,25,28H,4,14-15H2,1-3,5-7H3/t20?,25-,26+/m0/s1. The molecule has 0 aliphatic carbocycles. The van der Waals surface area contributed by atoms with Crippen LogP contribution >= 0.6 is 0 Å². The fraction of sp³-hybridized carbons (Fsp3) is 0.423. The lowest BCUT2D eigenvalue weighted by Gasteiger charge is -2.54. The van der Waals surface area contributed by atoms with Crippen LogP contribution in [0.4, 0.5) is 5.69 Å². The van der Waals surface area contributed by atoms with Crippen molar-refractivity contribution in [3.63, 3.8) is 0 Å². The molecule has 0 amide bonds. The van der Waals surface area contributed by atoms with E-state index < -0.39 is 0 Å². The fourth-order valence-electron chi connectivity index (χ4n) is 4.98. The van der Waals surface area contributed by atoms with Gasteiger partial charge in [-0.3, -0.25) is 0 Å². The summed E-state index contributed by atoms with van der Waals surface area (Å²) in [6.07, 6.45) is 1.09. The van der Waals surface area contributed by atoms with Gasteiger partial charge in [0.25, 0.3) is 0 Å². The van der Waals surface area contributed by atoms with E-state index in [0.717, 1.165) is 24.5 Å². The van der Waals surface area contributed by atoms with Gasteiger partial charge in [0.1, 0.15) is 0 Å². The van der Waals surface area contributed by atoms with Gasteiger partial charge < -0.3 is 15.1 Å². The van der Waals surface area contributed by atoms with Crippen molar-refractivity contribution in [2.45, 2.75) is 51.6 Å². The summed E-state index contributed by atoms with van der Waals surface area (Å²) < 4.78 is 0. The number of anilines is 1. The maximum absolute atomic E-state index is 9.03. The normalized spacial score (nSPS) is 24.2. The summed E-state index contributed by atoms with van der Waals surface area (Å²) in [4.78, 5) is 4.75. The molecule has 1 N–H and O–H groups in total. The Hall–Kier alpha value is -2.77. The Labute approximate surface area is 181 Å². The number of hydrogen-bond donors (Lipinski definition) is 1. The number of benzene rings is 2. The van der Waals surface area contributed by atoms with Gasteiger partial charge in [-0.25, -0.2) is 0 Å². The van der Waals surface area contributed by atoms with Crippen LogP contribution in [-0.4, -0.2) is 42.5 Å². The van der Waals surface area contributed by atoms with Gasteiger partial charge in [0.2, 0.25) is 0 Å². The molecule has 0 aromatic heterocycles. The molecular weight excluding hydrogens is 368 g/mol. The number of piperidine rings is 1. The topological polar surface area (TPSA) is 42.3 Å². The molecule has 1 aliphatic heterocycles. The minimum atomic E-state index is 0.00602. The molecule has 158 valence electrons. The minimum absolute atomic E-state index is 0.00602. The van der Waals surface area contributed by atoms with E-state index in [1.165, 1.54) is 16.7 Å². The maximum Gasteiger partial charge on any atom is 0.0991 e. The highest BCUT2D eigenvalue weighted by molar-refractivity contribution is 5.50. The molecule has 0 bridgehead atoms. The van der Waals surface area contributed by atoms with E-state index in [9.17, 15) is 0 Å². The molecule has 3 rings (SSSR count). The van der Waals surface area contributed by atoms with Crippen molar-refractivity contribution in [1.29, 1.82) is 5.26 Å². The number of aryl methyl sites for hydroxylation is 2. The molecule has 30 heavy (non-hydrogen) atoms. The van der Waals surface area contributed by atoms with Crippen LogP contribution in [0.5, 0.6) is 0 Å². The van der Waals surface area contributed by atoms with Crippen LogP contribution in [0.3, 0.4) is 0 Å². The lowest BCUT2D eigenvalue weighted by Crippen LogP contribution is -2.62. The fourth-order valence-corrected chi connectivity index (χ4v) is 4.98. The van der Waals surface area contributed by atoms with Gasteiger partial charge in [0, 0.05) is 24.2 Å². The van der Waals surface area contributed by atoms with Crippen molar-refractivity contribution < 1.29 is 0 Å². The second kappa shape index (κ2) is 8.53. The van der Waals surface area contributed by atoms with E-state index in [4.69, 9.17) is 5.26 Å². The molecule has 0 radical (unpaired) electrons. The highest BCUT2D eigenvalue weighted by Gasteiger charge is 2.47. The van der Waals surface area contributed by atoms with Gasteiger partial charge in [0.15, 0.2) is 0 Å². The average Bonchev–Trinajstić information content (AvgIpc) is 2.73. The Morgan fingerprint density at radius 3 is 2.53 bits per heavy atom. The zero-order valence-corrected chi connectivity index (χ0v) is 19.2. The molecule has 0 saturated carbocycles. The number of rotatable bonds is 5. The monoisotopic (exact) mass is 402 g/mol. The first kappa shape index (κ1) is 21.9. The van der Waals surface area contributed by atoms with Gasteiger partial charge in [-0.2, -0.15) is 5.26 Å². The SMILES string of the molecule is C=C(Nc1ccc(C#N)cc1)N(C)[C@H]1C(C)N(C)CC[C@]1(C)c1cc(C)ccc1C. The molecule has 0 spiro atoms. The second-order valence-electron chi connectivity index (χ2n) is 9.02. The number of likely N-dealkylation sites (N-methyl/N-ethyl adjacent to an activating group) is 2. The van der Waals surface area contributed by atoms with Gasteiger partial charge in [-0.05, 0) is 76.2 Å². The van der Waals surface area contributed by atoms with Crippen molar-refractivity contribution >= 4 is 5.69 Å². The summed E-state index contributed by atoms with van der Waals surface area (Å²) in [5.74, 6) is 0.864. The average molecular weight is 403 g/mol. The second-order valence-corrected chi connectivity index (χ2v) is 9.02. The number of nitriles is 1. The van der Waals surface area contributed by atoms with Gasteiger partial charge in [-0.1, -0.05) is 37.3 Å². The first-order chi connectivity index (χ1) is 14.2. The summed E-state index contributed by atoms with van der Waals surface area (Å²) in [6, 6.07) is 17.1. The lowest BCUT2D eigenvalue weighted by atomic mass is 9.66. The Morgan fingerprint density at radius 1 is 1.23 bits per heavy atom. The van der Waals surface area contributed by atoms with Gasteiger partial charge >= 0.3 is 0 Å². The van der Waals surface area contributed by atoms with Gasteiger partial charge in [0.05, 0.1) is 23.5 Å². The van der Waals surface area contributed by atoms with Gasteiger partial charge in [-0.15, -0.1) is 0 Å². The number of nitrogens with one attached hydrogen (secondary N) is 1. The van der Waals surface area contributed by atoms with Crippen LogP contribution in [0, 0.1) is 25.2 Å². The zero-order chi connectivity index (χ0) is 22.1. The summed E-state index contributed by atoms with van der Waals surface area (Å²) in [5, 5.41) is 12.5. The first-order valence-corrected chi connectivity index (χ1v) is 10.6. The van der Waals surface area contributed by atoms with Crippen LogP contribution < -0.4 is 5.32 Å². The minimum Gasteiger partial charge on any atom is -0.356 e. The Morgan fingerprint density at radius 2 is 1.90 bits per heavy atom. The smallest absolute Gasteiger partial charge is 0.0991 e. The highest BCUT2D eigenvalue weighted by atomic mass is 15.3. The number of hydrogen-bond acceptors (Lipinski definition) is 4. The van der Waals surface area contributed by atoms with Crippen LogP contribution in [0.15, 0.2) is 54.9 Å². The van der Waals surface area contributed by atoms with E-state index >= 15 is 0 Å². The Bertz CT molecular complexity index is 956. The third-order valence-electron chi connectivity index (χ3n) is 6.94. The Balaban J connectivity index is 1.94. The van der Waals surface area contributed by atoms with E-state index in [2.05, 4.69) is 87.8 Å². The molecule has 4 heteroatoms. The molecule has 4 nitrogen and oxygen atoms in total. The third kappa shape index (κ3) is 4.08. The molecule has 1 unspecified atom stereocenters. The highest BCUT2D eigenvalue weighted by Crippen LogP contribution is 2.42. The van der Waals surface area contributed by atoms with E-state index in [-0.39, 0.29) is 11.5 Å². The summed E-state index contributed by atoms with van der Waals surface area (Å²) in [7, 11) is 4.35. The van der Waals surface area contributed by atoms with Crippen molar-refractivity contribution in [3.05, 3.63) is 77.1 Å². The largest absolute Gasteiger partial charge is 0.356 e. The molecule has 2 aromatic rings. The summed E-state index contributed by atoms with van der Waals surface area (Å²) in [6.45, 7) is 14.6. The van der Waals surface area contributed by atoms with Crippen LogP contribution in [0.1, 0.15) is 42.5 Å². The predicted octanol–water partition coefficient (Wildman–Crippen LogP) is 5.04. The quantitative estimate of drug-likeness (QED) is 0.761. The molecular formula is C26H34N4. The molecule has 1 fully saturated rings.